The molecule has 1 aromatic carbocycles. The third-order valence-electron chi connectivity index (χ3n) is 3.93. The zero-order valence-corrected chi connectivity index (χ0v) is 11.6. The summed E-state index contributed by atoms with van der Waals surface area (Å²) >= 11 is 5.92. The summed E-state index contributed by atoms with van der Waals surface area (Å²) in [5.74, 6) is -1.93. The number of nitrogens with two attached hydrogens (primary N) is 1. The summed E-state index contributed by atoms with van der Waals surface area (Å²) in [4.78, 5) is 0. The summed E-state index contributed by atoms with van der Waals surface area (Å²) in [6, 6.07) is 4.23. The average molecular weight is 310 g/mol. The highest BCUT2D eigenvalue weighted by Gasteiger charge is 2.46. The Balaban J connectivity index is 2.19. The largest absolute Gasteiger partial charge is 0.391 e. The summed E-state index contributed by atoms with van der Waals surface area (Å²) in [6.45, 7) is 0. The Morgan fingerprint density at radius 2 is 2.05 bits per heavy atom. The molecule has 1 aromatic rings. The van der Waals surface area contributed by atoms with E-state index in [1.165, 1.54) is 18.2 Å². The monoisotopic (exact) mass is 309 g/mol. The fraction of sp³-hybridized carbons (Fsp3) is 0.571. The van der Waals surface area contributed by atoms with Gasteiger partial charge in [-0.1, -0.05) is 24.1 Å². The molecule has 2 atom stereocenters. The molecule has 6 heteroatoms. The minimum absolute atomic E-state index is 0.0328. The third-order valence-corrected chi connectivity index (χ3v) is 4.29. The van der Waals surface area contributed by atoms with Crippen LogP contribution in [0, 0.1) is 11.7 Å². The lowest BCUT2D eigenvalue weighted by Gasteiger charge is -2.39. The molecular weight excluding hydrogens is 294 g/mol. The van der Waals surface area contributed by atoms with E-state index in [2.05, 4.69) is 0 Å². The summed E-state index contributed by atoms with van der Waals surface area (Å²) in [7, 11) is 0. The maximum atomic E-state index is 13.7. The van der Waals surface area contributed by atoms with Crippen LogP contribution in [0.1, 0.15) is 31.2 Å². The quantitative estimate of drug-likeness (QED) is 0.801. The Morgan fingerprint density at radius 1 is 1.35 bits per heavy atom. The number of halogens is 5. The lowest BCUT2D eigenvalue weighted by atomic mass is 9.73. The van der Waals surface area contributed by atoms with Crippen molar-refractivity contribution in [3.8, 4) is 0 Å². The molecule has 2 unspecified atom stereocenters. The fourth-order valence-corrected chi connectivity index (χ4v) is 3.12. The van der Waals surface area contributed by atoms with Crippen molar-refractivity contribution < 1.29 is 17.6 Å². The van der Waals surface area contributed by atoms with Gasteiger partial charge in [0.05, 0.1) is 5.92 Å². The van der Waals surface area contributed by atoms with Gasteiger partial charge in [-0.05, 0) is 37.8 Å². The second-order valence-corrected chi connectivity index (χ2v) is 5.98. The molecule has 0 aromatic heterocycles. The number of hydrogen-bond donors (Lipinski definition) is 1. The molecule has 1 fully saturated rings. The van der Waals surface area contributed by atoms with Gasteiger partial charge in [0.1, 0.15) is 5.82 Å². The number of alkyl halides is 3. The van der Waals surface area contributed by atoms with Gasteiger partial charge < -0.3 is 5.73 Å². The predicted molar refractivity (Wildman–Crippen MR) is 70.0 cm³/mol. The molecule has 20 heavy (non-hydrogen) atoms. The van der Waals surface area contributed by atoms with E-state index < -0.39 is 23.5 Å². The molecular formula is C14H16ClF4N. The van der Waals surface area contributed by atoms with E-state index in [0.29, 0.717) is 12.8 Å². The first-order valence-electron chi connectivity index (χ1n) is 6.50. The first-order chi connectivity index (χ1) is 9.21. The van der Waals surface area contributed by atoms with E-state index in [4.69, 9.17) is 17.3 Å². The molecule has 1 nitrogen and oxygen atoms in total. The average Bonchev–Trinajstić information content (AvgIpc) is 2.33. The van der Waals surface area contributed by atoms with Gasteiger partial charge in [-0.25, -0.2) is 4.39 Å². The van der Waals surface area contributed by atoms with Crippen LogP contribution >= 0.6 is 11.6 Å². The van der Waals surface area contributed by atoms with E-state index in [9.17, 15) is 17.6 Å². The zero-order chi connectivity index (χ0) is 15.0. The standard InChI is InChI=1S/C14H16ClF4N/c15-11-4-1-5-12(16)10(11)8-13(20)6-2-3-9(7-13)14(17,18)19/h1,4-5,9H,2-3,6-8,20H2. The summed E-state index contributed by atoms with van der Waals surface area (Å²) in [6.07, 6.45) is -3.46. The van der Waals surface area contributed by atoms with Crippen molar-refractivity contribution in [2.75, 3.05) is 0 Å². The molecule has 0 aliphatic heterocycles. The Kier molecular flexibility index (Phi) is 4.30. The van der Waals surface area contributed by atoms with Crippen LogP contribution in [0.2, 0.25) is 5.02 Å². The van der Waals surface area contributed by atoms with Crippen LogP contribution in [-0.4, -0.2) is 11.7 Å². The normalized spacial score (nSPS) is 27.6. The SMILES string of the molecule is NC1(Cc2c(F)cccc2Cl)CCCC(C(F)(F)F)C1. The van der Waals surface area contributed by atoms with Gasteiger partial charge in [0, 0.05) is 16.1 Å². The molecule has 0 spiro atoms. The first kappa shape index (κ1) is 15.6. The van der Waals surface area contributed by atoms with Crippen molar-refractivity contribution in [1.82, 2.24) is 0 Å². The van der Waals surface area contributed by atoms with Crippen LogP contribution in [0.3, 0.4) is 0 Å². The molecule has 0 heterocycles. The highest BCUT2D eigenvalue weighted by molar-refractivity contribution is 6.31. The smallest absolute Gasteiger partial charge is 0.325 e. The van der Waals surface area contributed by atoms with Gasteiger partial charge in [-0.3, -0.25) is 0 Å². The second-order valence-electron chi connectivity index (χ2n) is 5.57. The van der Waals surface area contributed by atoms with E-state index in [1.54, 1.807) is 0 Å². The van der Waals surface area contributed by atoms with Gasteiger partial charge in [-0.15, -0.1) is 0 Å². The molecule has 0 saturated heterocycles. The molecule has 1 saturated carbocycles. The molecule has 0 radical (unpaired) electrons. The number of benzene rings is 1. The van der Waals surface area contributed by atoms with E-state index in [-0.39, 0.29) is 29.8 Å². The molecule has 1 aliphatic carbocycles. The summed E-state index contributed by atoms with van der Waals surface area (Å²) in [5.41, 5.74) is 5.25. The Hall–Kier alpha value is -0.810. The van der Waals surface area contributed by atoms with Crippen LogP contribution in [0.15, 0.2) is 18.2 Å². The lowest BCUT2D eigenvalue weighted by molar-refractivity contribution is -0.187. The number of rotatable bonds is 2. The minimum atomic E-state index is -4.25. The van der Waals surface area contributed by atoms with Crippen LogP contribution < -0.4 is 5.73 Å². The maximum Gasteiger partial charge on any atom is 0.391 e. The maximum absolute atomic E-state index is 13.7. The molecule has 2 rings (SSSR count). The Labute approximate surface area is 120 Å². The van der Waals surface area contributed by atoms with Crippen molar-refractivity contribution >= 4 is 11.6 Å². The van der Waals surface area contributed by atoms with Crippen molar-refractivity contribution in [2.24, 2.45) is 11.7 Å². The van der Waals surface area contributed by atoms with Crippen LogP contribution in [-0.2, 0) is 6.42 Å². The van der Waals surface area contributed by atoms with E-state index in [1.807, 2.05) is 0 Å². The first-order valence-corrected chi connectivity index (χ1v) is 6.87. The highest BCUT2D eigenvalue weighted by atomic mass is 35.5. The topological polar surface area (TPSA) is 26.0 Å². The molecule has 0 bridgehead atoms. The van der Waals surface area contributed by atoms with Gasteiger partial charge in [0.2, 0.25) is 0 Å². The molecule has 2 N–H and O–H groups in total. The van der Waals surface area contributed by atoms with Gasteiger partial charge in [0.15, 0.2) is 0 Å². The lowest BCUT2D eigenvalue weighted by Crippen LogP contribution is -2.49. The molecule has 0 amide bonds. The highest BCUT2D eigenvalue weighted by Crippen LogP contribution is 2.42. The van der Waals surface area contributed by atoms with E-state index in [0.717, 1.165) is 0 Å². The Morgan fingerprint density at radius 3 is 2.65 bits per heavy atom. The van der Waals surface area contributed by atoms with E-state index >= 15 is 0 Å². The summed E-state index contributed by atoms with van der Waals surface area (Å²) < 4.78 is 52.2. The second kappa shape index (κ2) is 5.53. The van der Waals surface area contributed by atoms with Crippen LogP contribution in [0.4, 0.5) is 17.6 Å². The Bertz CT molecular complexity index is 468. The third kappa shape index (κ3) is 3.44. The summed E-state index contributed by atoms with van der Waals surface area (Å²) in [5, 5.41) is 0.212. The fourth-order valence-electron chi connectivity index (χ4n) is 2.89. The van der Waals surface area contributed by atoms with Crippen molar-refractivity contribution in [3.05, 3.63) is 34.6 Å². The van der Waals surface area contributed by atoms with Crippen LogP contribution in [0.5, 0.6) is 0 Å². The van der Waals surface area contributed by atoms with Gasteiger partial charge >= 0.3 is 6.18 Å². The van der Waals surface area contributed by atoms with Gasteiger partial charge in [-0.2, -0.15) is 13.2 Å². The van der Waals surface area contributed by atoms with Crippen molar-refractivity contribution in [3.63, 3.8) is 0 Å². The zero-order valence-electron chi connectivity index (χ0n) is 10.8. The van der Waals surface area contributed by atoms with Gasteiger partial charge in [0.25, 0.3) is 0 Å². The molecule has 1 aliphatic rings. The van der Waals surface area contributed by atoms with Crippen molar-refractivity contribution in [2.45, 2.75) is 43.8 Å². The molecule has 112 valence electrons. The predicted octanol–water partition coefficient (Wildman–Crippen LogP) is 4.47. The minimum Gasteiger partial charge on any atom is -0.325 e. The number of hydrogen-bond acceptors (Lipinski definition) is 1. The van der Waals surface area contributed by atoms with Crippen molar-refractivity contribution in [1.29, 1.82) is 0 Å². The van der Waals surface area contributed by atoms with Crippen LogP contribution in [0.25, 0.3) is 0 Å².